The van der Waals surface area contributed by atoms with Crippen LogP contribution in [0.3, 0.4) is 0 Å². The standard InChI is InChI=1S/C17H18ClFN2O3/c1-3-8-21-13(10-18)14(16(22)24-4-2)15(20-17(21)23)11-6-5-7-12(19)9-11/h3,5-7,9,15H,1,4,8,10H2,2H3,(H,20,23). The second kappa shape index (κ2) is 7.97. The van der Waals surface area contributed by atoms with E-state index in [9.17, 15) is 14.0 Å². The number of amides is 2. The van der Waals surface area contributed by atoms with Crippen LogP contribution in [0.15, 0.2) is 48.2 Å². The van der Waals surface area contributed by atoms with Crippen LogP contribution in [0.5, 0.6) is 0 Å². The molecule has 1 unspecified atom stereocenters. The van der Waals surface area contributed by atoms with Crippen molar-refractivity contribution in [3.05, 3.63) is 59.6 Å². The summed E-state index contributed by atoms with van der Waals surface area (Å²) in [6.45, 7) is 5.64. The zero-order chi connectivity index (χ0) is 17.7. The molecular formula is C17H18ClFN2O3. The summed E-state index contributed by atoms with van der Waals surface area (Å²) in [6, 6.07) is 4.42. The Labute approximate surface area is 144 Å². The quantitative estimate of drug-likeness (QED) is 0.486. The summed E-state index contributed by atoms with van der Waals surface area (Å²) in [6.07, 6.45) is 1.53. The van der Waals surface area contributed by atoms with Gasteiger partial charge in [-0.3, -0.25) is 4.90 Å². The van der Waals surface area contributed by atoms with Crippen molar-refractivity contribution < 1.29 is 18.7 Å². The number of hydrogen-bond acceptors (Lipinski definition) is 3. The van der Waals surface area contributed by atoms with Gasteiger partial charge in [-0.1, -0.05) is 18.2 Å². The lowest BCUT2D eigenvalue weighted by molar-refractivity contribution is -0.139. The highest BCUT2D eigenvalue weighted by molar-refractivity contribution is 6.20. The fourth-order valence-corrected chi connectivity index (χ4v) is 2.84. The van der Waals surface area contributed by atoms with Gasteiger partial charge in [0.15, 0.2) is 0 Å². The third kappa shape index (κ3) is 3.59. The van der Waals surface area contributed by atoms with Crippen molar-refractivity contribution in [2.45, 2.75) is 13.0 Å². The molecule has 1 aliphatic rings. The Hall–Kier alpha value is -2.34. The van der Waals surface area contributed by atoms with E-state index in [1.807, 2.05) is 0 Å². The van der Waals surface area contributed by atoms with Crippen LogP contribution in [0.25, 0.3) is 0 Å². The molecule has 128 valence electrons. The number of rotatable bonds is 6. The fraction of sp³-hybridized carbons (Fsp3) is 0.294. The van der Waals surface area contributed by atoms with Gasteiger partial charge in [-0.05, 0) is 24.6 Å². The van der Waals surface area contributed by atoms with Gasteiger partial charge in [0.2, 0.25) is 0 Å². The van der Waals surface area contributed by atoms with E-state index >= 15 is 0 Å². The van der Waals surface area contributed by atoms with Crippen molar-refractivity contribution in [3.8, 4) is 0 Å². The first-order chi connectivity index (χ1) is 11.5. The number of allylic oxidation sites excluding steroid dienone is 1. The first kappa shape index (κ1) is 18.0. The Bertz CT molecular complexity index is 690. The van der Waals surface area contributed by atoms with E-state index in [2.05, 4.69) is 11.9 Å². The Morgan fingerprint density at radius 1 is 1.54 bits per heavy atom. The summed E-state index contributed by atoms with van der Waals surface area (Å²) in [5.74, 6) is -1.14. The van der Waals surface area contributed by atoms with E-state index in [1.165, 1.54) is 29.2 Å². The largest absolute Gasteiger partial charge is 0.463 e. The number of hydrogen-bond donors (Lipinski definition) is 1. The summed E-state index contributed by atoms with van der Waals surface area (Å²) in [5, 5.41) is 2.70. The highest BCUT2D eigenvalue weighted by atomic mass is 35.5. The predicted octanol–water partition coefficient (Wildman–Crippen LogP) is 3.13. The van der Waals surface area contributed by atoms with Crippen LogP contribution in [0.2, 0.25) is 0 Å². The van der Waals surface area contributed by atoms with Gasteiger partial charge in [0.05, 0.1) is 29.8 Å². The van der Waals surface area contributed by atoms with Crippen molar-refractivity contribution in [2.75, 3.05) is 19.0 Å². The molecule has 0 saturated heterocycles. The van der Waals surface area contributed by atoms with Gasteiger partial charge < -0.3 is 10.1 Å². The van der Waals surface area contributed by atoms with E-state index in [0.717, 1.165) is 0 Å². The molecule has 24 heavy (non-hydrogen) atoms. The lowest BCUT2D eigenvalue weighted by atomic mass is 9.94. The zero-order valence-electron chi connectivity index (χ0n) is 13.2. The summed E-state index contributed by atoms with van der Waals surface area (Å²) < 4.78 is 18.7. The summed E-state index contributed by atoms with van der Waals surface area (Å²) in [5.41, 5.74) is 0.958. The maximum absolute atomic E-state index is 13.6. The molecule has 0 spiro atoms. The number of benzene rings is 1. The second-order valence-corrected chi connectivity index (χ2v) is 5.32. The lowest BCUT2D eigenvalue weighted by Crippen LogP contribution is -2.49. The average molecular weight is 353 g/mol. The highest BCUT2D eigenvalue weighted by Gasteiger charge is 2.37. The number of carbonyl (C=O) groups excluding carboxylic acids is 2. The molecule has 1 atom stereocenters. The van der Waals surface area contributed by atoms with Crippen molar-refractivity contribution in [3.63, 3.8) is 0 Å². The SMILES string of the molecule is C=CCN1C(=O)NC(c2cccc(F)c2)C(C(=O)OCC)=C1CCl. The van der Waals surface area contributed by atoms with Gasteiger partial charge in [0.1, 0.15) is 5.82 Å². The van der Waals surface area contributed by atoms with E-state index < -0.39 is 23.9 Å². The van der Waals surface area contributed by atoms with E-state index in [4.69, 9.17) is 16.3 Å². The minimum absolute atomic E-state index is 0.0682. The third-order valence-corrected chi connectivity index (χ3v) is 3.81. The number of nitrogens with zero attached hydrogens (tertiary/aromatic N) is 1. The first-order valence-corrected chi connectivity index (χ1v) is 7.97. The van der Waals surface area contributed by atoms with Crippen LogP contribution < -0.4 is 5.32 Å². The number of esters is 1. The van der Waals surface area contributed by atoms with Gasteiger partial charge in [0, 0.05) is 6.54 Å². The van der Waals surface area contributed by atoms with Crippen LogP contribution >= 0.6 is 11.6 Å². The predicted molar refractivity (Wildman–Crippen MR) is 89.0 cm³/mol. The molecule has 1 aliphatic heterocycles. The number of nitrogens with one attached hydrogen (secondary N) is 1. The number of alkyl halides is 1. The molecule has 2 amide bonds. The molecule has 0 aliphatic carbocycles. The normalized spacial score (nSPS) is 17.5. The molecule has 0 aromatic heterocycles. The molecule has 7 heteroatoms. The summed E-state index contributed by atoms with van der Waals surface area (Å²) in [7, 11) is 0. The Morgan fingerprint density at radius 2 is 2.29 bits per heavy atom. The van der Waals surface area contributed by atoms with Gasteiger partial charge in [-0.15, -0.1) is 18.2 Å². The van der Waals surface area contributed by atoms with Gasteiger partial charge in [0.25, 0.3) is 0 Å². The second-order valence-electron chi connectivity index (χ2n) is 5.05. The Kier molecular flexibility index (Phi) is 5.98. The molecule has 1 aromatic rings. The minimum Gasteiger partial charge on any atom is -0.463 e. The van der Waals surface area contributed by atoms with Crippen LogP contribution in [-0.4, -0.2) is 35.9 Å². The van der Waals surface area contributed by atoms with E-state index in [1.54, 1.807) is 13.0 Å². The average Bonchev–Trinajstić information content (AvgIpc) is 2.56. The number of halogens is 2. The molecule has 0 saturated carbocycles. The summed E-state index contributed by atoms with van der Waals surface area (Å²) in [4.78, 5) is 26.2. The first-order valence-electron chi connectivity index (χ1n) is 7.44. The Balaban J connectivity index is 2.59. The fourth-order valence-electron chi connectivity index (χ4n) is 2.56. The van der Waals surface area contributed by atoms with Crippen molar-refractivity contribution in [1.29, 1.82) is 0 Å². The van der Waals surface area contributed by atoms with Crippen molar-refractivity contribution >= 4 is 23.6 Å². The monoisotopic (exact) mass is 352 g/mol. The van der Waals surface area contributed by atoms with Gasteiger partial charge in [-0.25, -0.2) is 14.0 Å². The molecular weight excluding hydrogens is 335 g/mol. The van der Waals surface area contributed by atoms with Crippen LogP contribution in [0.1, 0.15) is 18.5 Å². The molecule has 1 aromatic carbocycles. The molecule has 1 N–H and O–H groups in total. The van der Waals surface area contributed by atoms with Crippen LogP contribution in [-0.2, 0) is 9.53 Å². The van der Waals surface area contributed by atoms with Crippen LogP contribution in [0, 0.1) is 5.82 Å². The maximum atomic E-state index is 13.6. The molecule has 5 nitrogen and oxygen atoms in total. The topological polar surface area (TPSA) is 58.6 Å². The highest BCUT2D eigenvalue weighted by Crippen LogP contribution is 2.32. The maximum Gasteiger partial charge on any atom is 0.338 e. The smallest absolute Gasteiger partial charge is 0.338 e. The Morgan fingerprint density at radius 3 is 2.88 bits per heavy atom. The van der Waals surface area contributed by atoms with Crippen molar-refractivity contribution in [1.82, 2.24) is 10.2 Å². The summed E-state index contributed by atoms with van der Waals surface area (Å²) >= 11 is 6.00. The molecule has 0 bridgehead atoms. The number of ether oxygens (including phenoxy) is 1. The van der Waals surface area contributed by atoms with Crippen LogP contribution in [0.4, 0.5) is 9.18 Å². The minimum atomic E-state index is -0.831. The van der Waals surface area contributed by atoms with Crippen molar-refractivity contribution in [2.24, 2.45) is 0 Å². The molecule has 0 fully saturated rings. The van der Waals surface area contributed by atoms with E-state index in [0.29, 0.717) is 11.3 Å². The van der Waals surface area contributed by atoms with E-state index in [-0.39, 0.29) is 24.6 Å². The van der Waals surface area contributed by atoms with Gasteiger partial charge >= 0.3 is 12.0 Å². The lowest BCUT2D eigenvalue weighted by Gasteiger charge is -2.35. The third-order valence-electron chi connectivity index (χ3n) is 3.55. The number of carbonyl (C=O) groups is 2. The molecule has 2 rings (SSSR count). The number of urea groups is 1. The molecule has 1 heterocycles. The van der Waals surface area contributed by atoms with Gasteiger partial charge in [-0.2, -0.15) is 0 Å². The molecule has 0 radical (unpaired) electrons. The zero-order valence-corrected chi connectivity index (χ0v) is 14.0.